The predicted octanol–water partition coefficient (Wildman–Crippen LogP) is 5.53. The van der Waals surface area contributed by atoms with Gasteiger partial charge in [-0.05, 0) is 86.9 Å². The van der Waals surface area contributed by atoms with Crippen molar-refractivity contribution in [2.75, 3.05) is 6.54 Å². The Bertz CT molecular complexity index is 1350. The van der Waals surface area contributed by atoms with Crippen LogP contribution >= 0.6 is 0 Å². The Morgan fingerprint density at radius 3 is 2.42 bits per heavy atom. The number of aromatic amines is 1. The summed E-state index contributed by atoms with van der Waals surface area (Å²) in [5.74, 6) is -2.02. The van der Waals surface area contributed by atoms with E-state index in [0.29, 0.717) is 42.5 Å². The second-order valence-corrected chi connectivity index (χ2v) is 10.8. The zero-order valence-corrected chi connectivity index (χ0v) is 20.3. The van der Waals surface area contributed by atoms with Crippen molar-refractivity contribution in [1.82, 2.24) is 15.6 Å². The summed E-state index contributed by atoms with van der Waals surface area (Å²) < 4.78 is 47.5. The van der Waals surface area contributed by atoms with Gasteiger partial charge in [-0.25, -0.2) is 22.8 Å². The van der Waals surface area contributed by atoms with E-state index in [-0.39, 0.29) is 23.2 Å². The third-order valence-corrected chi connectivity index (χ3v) is 7.18. The number of rotatable bonds is 5. The van der Waals surface area contributed by atoms with Crippen LogP contribution in [0.2, 0.25) is 0 Å². The van der Waals surface area contributed by atoms with Gasteiger partial charge in [-0.1, -0.05) is 0 Å². The molecule has 2 aliphatic rings. The number of benzene rings is 2. The van der Waals surface area contributed by atoms with E-state index in [1.807, 2.05) is 0 Å². The maximum absolute atomic E-state index is 14.5. The van der Waals surface area contributed by atoms with Gasteiger partial charge in [-0.15, -0.1) is 0 Å². The Kier molecular flexibility index (Phi) is 5.76. The summed E-state index contributed by atoms with van der Waals surface area (Å²) >= 11 is 0. The van der Waals surface area contributed by atoms with Crippen molar-refractivity contribution < 1.29 is 27.5 Å². The molecule has 1 aromatic heterocycles. The minimum atomic E-state index is -1.09. The van der Waals surface area contributed by atoms with Crippen molar-refractivity contribution in [3.8, 4) is 11.3 Å². The maximum atomic E-state index is 14.5. The van der Waals surface area contributed by atoms with Gasteiger partial charge in [0.1, 0.15) is 28.6 Å². The Morgan fingerprint density at radius 1 is 1.08 bits per heavy atom. The molecular formula is C27H28F3N3O3. The van der Waals surface area contributed by atoms with E-state index in [1.165, 1.54) is 18.2 Å². The molecule has 5 rings (SSSR count). The standard InChI is InChI=1S/C27H28F3N3O3/c1-26(2)13-27(3,24(34)36-26)33-25(35)31-12-14-8-16(9-14)21-19-10-18(29)11-20(30)23(19)32-22(21)15-4-6-17(28)7-5-15/h4-7,10-11,14,16,32H,8-9,12-13H2,1-3H3,(H2,31,33,35)/t14-,16-,27?. The van der Waals surface area contributed by atoms with Crippen LogP contribution in [0.4, 0.5) is 18.0 Å². The number of fused-ring (bicyclic) bond motifs is 1. The monoisotopic (exact) mass is 499 g/mol. The average molecular weight is 500 g/mol. The van der Waals surface area contributed by atoms with Gasteiger partial charge >= 0.3 is 12.0 Å². The second-order valence-electron chi connectivity index (χ2n) is 10.8. The molecule has 3 N–H and O–H groups in total. The topological polar surface area (TPSA) is 83.2 Å². The highest BCUT2D eigenvalue weighted by molar-refractivity contribution is 5.92. The van der Waals surface area contributed by atoms with Crippen molar-refractivity contribution in [3.63, 3.8) is 0 Å². The molecule has 36 heavy (non-hydrogen) atoms. The highest BCUT2D eigenvalue weighted by atomic mass is 19.1. The van der Waals surface area contributed by atoms with Crippen LogP contribution in [-0.4, -0.2) is 34.7 Å². The zero-order valence-electron chi connectivity index (χ0n) is 20.3. The number of carbonyl (C=O) groups is 2. The molecule has 2 fully saturated rings. The minimum absolute atomic E-state index is 0.0120. The predicted molar refractivity (Wildman–Crippen MR) is 129 cm³/mol. The fraction of sp³-hybridized carbons (Fsp3) is 0.407. The quantitative estimate of drug-likeness (QED) is 0.404. The summed E-state index contributed by atoms with van der Waals surface area (Å²) in [4.78, 5) is 27.8. The molecule has 1 aliphatic carbocycles. The Balaban J connectivity index is 1.29. The van der Waals surface area contributed by atoms with Crippen molar-refractivity contribution >= 4 is 22.9 Å². The number of hydrogen-bond acceptors (Lipinski definition) is 3. The molecule has 1 aliphatic heterocycles. The molecule has 0 spiro atoms. The smallest absolute Gasteiger partial charge is 0.332 e. The van der Waals surface area contributed by atoms with Gasteiger partial charge in [0.15, 0.2) is 0 Å². The maximum Gasteiger partial charge on any atom is 0.332 e. The summed E-state index contributed by atoms with van der Waals surface area (Å²) in [6, 6.07) is 7.58. The van der Waals surface area contributed by atoms with Crippen LogP contribution in [0.1, 0.15) is 51.5 Å². The molecule has 2 amide bonds. The molecule has 1 unspecified atom stereocenters. The molecule has 1 saturated heterocycles. The second kappa shape index (κ2) is 8.57. The van der Waals surface area contributed by atoms with E-state index in [0.717, 1.165) is 11.6 Å². The van der Waals surface area contributed by atoms with Gasteiger partial charge in [-0.3, -0.25) is 0 Å². The lowest BCUT2D eigenvalue weighted by Crippen LogP contribution is -2.54. The van der Waals surface area contributed by atoms with E-state index in [1.54, 1.807) is 32.9 Å². The SMILES string of the molecule is CC1(C)CC(C)(NC(=O)NC[C@H]2C[C@H](c3c(-c4ccc(F)cc4)[nH]c4c(F)cc(F)cc43)C2)C(=O)O1. The van der Waals surface area contributed by atoms with Crippen molar-refractivity contribution in [1.29, 1.82) is 0 Å². The highest BCUT2D eigenvalue weighted by Crippen LogP contribution is 2.48. The number of esters is 1. The molecule has 6 nitrogen and oxygen atoms in total. The Hall–Kier alpha value is -3.49. The lowest BCUT2D eigenvalue weighted by Gasteiger charge is -2.36. The first kappa shape index (κ1) is 24.2. The summed E-state index contributed by atoms with van der Waals surface area (Å²) in [5, 5.41) is 6.03. The molecule has 1 atom stereocenters. The van der Waals surface area contributed by atoms with Crippen LogP contribution in [0.25, 0.3) is 22.2 Å². The van der Waals surface area contributed by atoms with E-state index >= 15 is 0 Å². The Morgan fingerprint density at radius 2 is 1.78 bits per heavy atom. The minimum Gasteiger partial charge on any atom is -0.458 e. The van der Waals surface area contributed by atoms with Gasteiger partial charge in [0, 0.05) is 24.4 Å². The fourth-order valence-corrected chi connectivity index (χ4v) is 5.60. The number of aromatic nitrogens is 1. The van der Waals surface area contributed by atoms with Crippen LogP contribution in [0.5, 0.6) is 0 Å². The normalized spacial score (nSPS) is 24.9. The number of nitrogens with one attached hydrogen (secondary N) is 3. The van der Waals surface area contributed by atoms with Crippen LogP contribution in [0.15, 0.2) is 36.4 Å². The summed E-state index contributed by atoms with van der Waals surface area (Å²) in [6.45, 7) is 5.64. The van der Waals surface area contributed by atoms with Gasteiger partial charge in [-0.2, -0.15) is 0 Å². The van der Waals surface area contributed by atoms with Crippen LogP contribution in [0.3, 0.4) is 0 Å². The Labute approximate surface area is 206 Å². The fourth-order valence-electron chi connectivity index (χ4n) is 5.60. The van der Waals surface area contributed by atoms with E-state index in [2.05, 4.69) is 15.6 Å². The van der Waals surface area contributed by atoms with Gasteiger partial charge in [0.2, 0.25) is 0 Å². The summed E-state index contributed by atoms with van der Waals surface area (Å²) in [5.41, 5.74) is 0.603. The molecule has 0 radical (unpaired) electrons. The van der Waals surface area contributed by atoms with E-state index in [9.17, 15) is 22.8 Å². The van der Waals surface area contributed by atoms with Crippen LogP contribution < -0.4 is 10.6 Å². The number of cyclic esters (lactones) is 1. The first-order chi connectivity index (χ1) is 16.9. The average Bonchev–Trinajstić information content (AvgIpc) is 3.21. The number of halogens is 3. The molecular weight excluding hydrogens is 471 g/mol. The third kappa shape index (κ3) is 4.42. The molecule has 2 aromatic carbocycles. The summed E-state index contributed by atoms with van der Waals surface area (Å²) in [7, 11) is 0. The van der Waals surface area contributed by atoms with Crippen LogP contribution in [0, 0.1) is 23.4 Å². The molecule has 1 saturated carbocycles. The number of urea groups is 1. The van der Waals surface area contributed by atoms with E-state index in [4.69, 9.17) is 4.74 Å². The van der Waals surface area contributed by atoms with Crippen molar-refractivity contribution in [2.45, 2.75) is 57.1 Å². The van der Waals surface area contributed by atoms with E-state index < -0.39 is 34.8 Å². The number of H-pyrrole nitrogens is 1. The zero-order chi connectivity index (χ0) is 25.8. The molecule has 0 bridgehead atoms. The molecule has 190 valence electrons. The summed E-state index contributed by atoms with van der Waals surface area (Å²) in [6.07, 6.45) is 1.77. The first-order valence-corrected chi connectivity index (χ1v) is 12.0. The lowest BCUT2D eigenvalue weighted by atomic mass is 9.70. The van der Waals surface area contributed by atoms with Crippen molar-refractivity contribution in [2.24, 2.45) is 5.92 Å². The number of amides is 2. The van der Waals surface area contributed by atoms with Gasteiger partial charge in [0.25, 0.3) is 0 Å². The lowest BCUT2D eigenvalue weighted by molar-refractivity contribution is -0.149. The third-order valence-electron chi connectivity index (χ3n) is 7.18. The number of hydrogen-bond donors (Lipinski definition) is 3. The van der Waals surface area contributed by atoms with Gasteiger partial charge in [0.05, 0.1) is 11.2 Å². The number of carbonyl (C=O) groups excluding carboxylic acids is 2. The molecule has 2 heterocycles. The molecule has 9 heteroatoms. The van der Waals surface area contributed by atoms with Crippen LogP contribution in [-0.2, 0) is 9.53 Å². The first-order valence-electron chi connectivity index (χ1n) is 12.0. The highest BCUT2D eigenvalue weighted by Gasteiger charge is 2.50. The number of ether oxygens (including phenoxy) is 1. The van der Waals surface area contributed by atoms with Crippen molar-refractivity contribution in [3.05, 3.63) is 59.4 Å². The van der Waals surface area contributed by atoms with Gasteiger partial charge < -0.3 is 20.4 Å². The molecule has 3 aromatic rings. The largest absolute Gasteiger partial charge is 0.458 e.